The summed E-state index contributed by atoms with van der Waals surface area (Å²) in [6.45, 7) is 33.2. The molecule has 5 nitrogen and oxygen atoms in total. The van der Waals surface area contributed by atoms with Crippen molar-refractivity contribution in [1.29, 1.82) is 0 Å². The van der Waals surface area contributed by atoms with E-state index in [1.165, 1.54) is 16.7 Å². The molecule has 3 saturated heterocycles. The smallest absolute Gasteiger partial charge is 0.191 e. The van der Waals surface area contributed by atoms with Crippen LogP contribution in [0.5, 0.6) is 0 Å². The molecule has 0 radical (unpaired) electrons. The van der Waals surface area contributed by atoms with E-state index in [0.717, 1.165) is 51.6 Å². The van der Waals surface area contributed by atoms with E-state index in [0.29, 0.717) is 36.9 Å². The molecule has 0 saturated carbocycles. The Morgan fingerprint density at radius 1 is 0.980 bits per heavy atom. The Hall–Kier alpha value is -1.80. The van der Waals surface area contributed by atoms with E-state index in [1.54, 1.807) is 6.08 Å². The highest BCUT2D eigenvalue weighted by molar-refractivity contribution is 6.74. The van der Waals surface area contributed by atoms with Crippen molar-refractivity contribution in [2.24, 2.45) is 23.7 Å². The molecule has 3 fully saturated rings. The summed E-state index contributed by atoms with van der Waals surface area (Å²) in [5, 5.41) is 0.214. The first-order valence-electron chi connectivity index (χ1n) is 19.0. The van der Waals surface area contributed by atoms with Crippen LogP contribution in [0.3, 0.4) is 0 Å². The Kier molecular flexibility index (Phi) is 14.8. The molecule has 6 heteroatoms. The molecule has 10 atom stereocenters. The molecule has 3 aliphatic rings. The zero-order chi connectivity index (χ0) is 35.8. The maximum atomic E-state index is 7.05. The van der Waals surface area contributed by atoms with Crippen molar-refractivity contribution in [3.05, 3.63) is 85.0 Å². The van der Waals surface area contributed by atoms with E-state index >= 15 is 0 Å². The molecule has 0 N–H and O–H groups in total. The van der Waals surface area contributed by atoms with Gasteiger partial charge in [0.2, 0.25) is 0 Å². The maximum absolute atomic E-state index is 7.05. The topological polar surface area (TPSA) is 46.2 Å². The van der Waals surface area contributed by atoms with Crippen LogP contribution in [0.25, 0.3) is 0 Å². The van der Waals surface area contributed by atoms with Crippen LogP contribution in [0.2, 0.25) is 18.1 Å². The highest BCUT2D eigenvalue weighted by Gasteiger charge is 2.45. The number of hydrogen-bond acceptors (Lipinski definition) is 5. The molecule has 1 aromatic carbocycles. The minimum absolute atomic E-state index is 0.00117. The molecular formula is C43H68O5Si. The van der Waals surface area contributed by atoms with Gasteiger partial charge in [-0.15, -0.1) is 6.58 Å². The second kappa shape index (κ2) is 18.1. The molecule has 0 aromatic heterocycles. The van der Waals surface area contributed by atoms with E-state index in [1.807, 2.05) is 6.08 Å². The van der Waals surface area contributed by atoms with Gasteiger partial charge in [-0.1, -0.05) is 103 Å². The zero-order valence-electron chi connectivity index (χ0n) is 32.1. The van der Waals surface area contributed by atoms with Crippen molar-refractivity contribution < 1.29 is 23.4 Å². The van der Waals surface area contributed by atoms with E-state index in [-0.39, 0.29) is 41.7 Å². The summed E-state index contributed by atoms with van der Waals surface area (Å²) in [6, 6.07) is 10.9. The summed E-state index contributed by atoms with van der Waals surface area (Å²) in [7, 11) is -1.79. The molecule has 0 aliphatic carbocycles. The fraction of sp³-hybridized carbons (Fsp3) is 0.674. The highest BCUT2D eigenvalue weighted by Crippen LogP contribution is 2.43. The minimum Gasteiger partial charge on any atom is -0.417 e. The van der Waals surface area contributed by atoms with Crippen LogP contribution in [0.1, 0.15) is 85.6 Å². The molecular weight excluding hydrogens is 625 g/mol. The van der Waals surface area contributed by atoms with Crippen LogP contribution in [0.15, 0.2) is 79.4 Å². The minimum atomic E-state index is -1.79. The Balaban J connectivity index is 1.37. The lowest BCUT2D eigenvalue weighted by Gasteiger charge is -2.38. The summed E-state index contributed by atoms with van der Waals surface area (Å²) in [5.41, 5.74) is 3.78. The average Bonchev–Trinajstić information content (AvgIpc) is 3.54. The van der Waals surface area contributed by atoms with Crippen molar-refractivity contribution in [2.45, 2.75) is 141 Å². The molecule has 1 aromatic rings. The summed E-state index contributed by atoms with van der Waals surface area (Å²) < 4.78 is 32.4. The number of benzene rings is 1. The Morgan fingerprint density at radius 2 is 1.71 bits per heavy atom. The lowest BCUT2D eigenvalue weighted by Crippen LogP contribution is -2.42. The third-order valence-corrected chi connectivity index (χ3v) is 16.3. The zero-order valence-corrected chi connectivity index (χ0v) is 33.1. The van der Waals surface area contributed by atoms with Gasteiger partial charge in [-0.3, -0.25) is 0 Å². The maximum Gasteiger partial charge on any atom is 0.191 e. The van der Waals surface area contributed by atoms with E-state index in [4.69, 9.17) is 23.4 Å². The van der Waals surface area contributed by atoms with Crippen molar-refractivity contribution in [3.63, 3.8) is 0 Å². The molecule has 3 aliphatic heterocycles. The lowest BCUT2D eigenvalue weighted by atomic mass is 9.78. The number of hydrogen-bond donors (Lipinski definition) is 0. The van der Waals surface area contributed by atoms with Gasteiger partial charge in [0.05, 0.1) is 49.8 Å². The standard InChI is InChI=1S/C43H68O5Si/c1-12-22-44-23-16-19-36-26-32(4)39(46-36)21-20-37-25-31(3)33(5)41(47-37)28-42-38(27-35-17-14-13-15-18-35)34(6)40(48-42)24-30(2)29-45-49(10,11)43(7,8)9/h12-19,30-31,34,36-42H,1,4-5,20-29H2,2-3,6-11H3/b19-16+/t30-,31+,34+,36-,37-,38+,39?,40+,41?,42-/m0/s1. The third-order valence-electron chi connectivity index (χ3n) is 11.8. The van der Waals surface area contributed by atoms with Gasteiger partial charge in [0.1, 0.15) is 0 Å². The molecule has 3 heterocycles. The fourth-order valence-electron chi connectivity index (χ4n) is 7.54. The van der Waals surface area contributed by atoms with E-state index < -0.39 is 8.32 Å². The molecule has 0 spiro atoms. The van der Waals surface area contributed by atoms with Crippen LogP contribution in [0, 0.1) is 23.7 Å². The van der Waals surface area contributed by atoms with Crippen molar-refractivity contribution in [3.8, 4) is 0 Å². The first kappa shape index (κ1) is 40.0. The summed E-state index contributed by atoms with van der Waals surface area (Å²) in [4.78, 5) is 0. The van der Waals surface area contributed by atoms with Crippen molar-refractivity contribution in [1.82, 2.24) is 0 Å². The van der Waals surface area contributed by atoms with Gasteiger partial charge < -0.3 is 23.4 Å². The van der Waals surface area contributed by atoms with Gasteiger partial charge in [-0.05, 0) is 90.6 Å². The predicted octanol–water partition coefficient (Wildman–Crippen LogP) is 10.3. The Morgan fingerprint density at radius 3 is 2.41 bits per heavy atom. The fourth-order valence-corrected chi connectivity index (χ4v) is 8.67. The number of ether oxygens (including phenoxy) is 4. The van der Waals surface area contributed by atoms with Gasteiger partial charge in [-0.25, -0.2) is 0 Å². The van der Waals surface area contributed by atoms with E-state index in [9.17, 15) is 0 Å². The first-order chi connectivity index (χ1) is 23.2. The molecule has 274 valence electrons. The van der Waals surface area contributed by atoms with Crippen molar-refractivity contribution in [2.75, 3.05) is 19.8 Å². The van der Waals surface area contributed by atoms with Crippen LogP contribution < -0.4 is 0 Å². The average molecular weight is 693 g/mol. The van der Waals surface area contributed by atoms with Gasteiger partial charge in [0, 0.05) is 19.4 Å². The summed E-state index contributed by atoms with van der Waals surface area (Å²) in [5.74, 6) is 1.73. The Labute approximate surface area is 300 Å². The second-order valence-electron chi connectivity index (χ2n) is 16.9. The Bertz CT molecular complexity index is 1230. The van der Waals surface area contributed by atoms with Gasteiger partial charge in [-0.2, -0.15) is 0 Å². The second-order valence-corrected chi connectivity index (χ2v) is 21.7. The third kappa shape index (κ3) is 11.3. The quantitative estimate of drug-likeness (QED) is 0.0924. The van der Waals surface area contributed by atoms with Crippen molar-refractivity contribution >= 4 is 8.32 Å². The molecule has 49 heavy (non-hydrogen) atoms. The largest absolute Gasteiger partial charge is 0.417 e. The molecule has 0 bridgehead atoms. The van der Waals surface area contributed by atoms with E-state index in [2.05, 4.69) is 111 Å². The van der Waals surface area contributed by atoms with Crippen LogP contribution in [-0.4, -0.2) is 64.8 Å². The number of rotatable bonds is 17. The molecule has 4 rings (SSSR count). The predicted molar refractivity (Wildman–Crippen MR) is 206 cm³/mol. The van der Waals surface area contributed by atoms with Crippen LogP contribution >= 0.6 is 0 Å². The van der Waals surface area contributed by atoms with Crippen LogP contribution in [0.4, 0.5) is 0 Å². The van der Waals surface area contributed by atoms with Crippen LogP contribution in [-0.2, 0) is 29.8 Å². The molecule has 0 amide bonds. The molecule has 2 unspecified atom stereocenters. The monoisotopic (exact) mass is 692 g/mol. The van der Waals surface area contributed by atoms with Gasteiger partial charge in [0.15, 0.2) is 8.32 Å². The first-order valence-corrected chi connectivity index (χ1v) is 21.9. The SMILES string of the molecule is C=CCOC/C=C/[C@H]1CC(=C)C(CC[C@H]2C[C@@H](C)C(=C)C(C[C@@H]3O[C@H](C[C@H](C)CO[Si](C)(C)C(C)(C)C)[C@H](C)[C@H]3Cc3ccccc3)O2)O1. The van der Waals surface area contributed by atoms with Gasteiger partial charge in [0.25, 0.3) is 0 Å². The normalized spacial score (nSPS) is 31.9. The van der Waals surface area contributed by atoms with Gasteiger partial charge >= 0.3 is 0 Å². The lowest BCUT2D eigenvalue weighted by molar-refractivity contribution is -0.0741. The summed E-state index contributed by atoms with van der Waals surface area (Å²) >= 11 is 0. The highest BCUT2D eigenvalue weighted by atomic mass is 28.4. The summed E-state index contributed by atoms with van der Waals surface area (Å²) in [6.07, 6.45) is 13.2.